The molecule has 0 saturated heterocycles. The van der Waals surface area contributed by atoms with Gasteiger partial charge in [-0.15, -0.1) is 0 Å². The van der Waals surface area contributed by atoms with Gasteiger partial charge in [0.2, 0.25) is 10.0 Å². The summed E-state index contributed by atoms with van der Waals surface area (Å²) < 4.78 is 64.9. The van der Waals surface area contributed by atoms with Crippen molar-refractivity contribution in [2.75, 3.05) is 0 Å². The van der Waals surface area contributed by atoms with Gasteiger partial charge in [0.15, 0.2) is 0 Å². The normalized spacial score (nSPS) is 24.0. The van der Waals surface area contributed by atoms with Gasteiger partial charge in [-0.1, -0.05) is 34.8 Å². The fourth-order valence-corrected chi connectivity index (χ4v) is 4.58. The monoisotopic (exact) mass is 385 g/mol. The van der Waals surface area contributed by atoms with Gasteiger partial charge in [0.25, 0.3) is 0 Å². The molecule has 21 heavy (non-hydrogen) atoms. The molecule has 2 rings (SSSR count). The second kappa shape index (κ2) is 6.26. The highest BCUT2D eigenvalue weighted by molar-refractivity contribution is 9.09. The van der Waals surface area contributed by atoms with Crippen LogP contribution in [0.4, 0.5) is 13.2 Å². The Balaban J connectivity index is 2.23. The van der Waals surface area contributed by atoms with Crippen LogP contribution in [-0.4, -0.2) is 19.3 Å². The van der Waals surface area contributed by atoms with Gasteiger partial charge >= 0.3 is 6.18 Å². The molecule has 3 nitrogen and oxygen atoms in total. The first-order valence-corrected chi connectivity index (χ1v) is 8.94. The number of alkyl halides is 4. The summed E-state index contributed by atoms with van der Waals surface area (Å²) in [7, 11) is -3.96. The van der Waals surface area contributed by atoms with Crippen LogP contribution in [0.3, 0.4) is 0 Å². The molecule has 0 radical (unpaired) electrons. The second-order valence-electron chi connectivity index (χ2n) is 5.05. The molecule has 1 aromatic rings. The maximum atomic E-state index is 12.7. The standard InChI is InChI=1S/C13H15BrF3NO2S/c14-11-6-1-2-7-12(11)18-21(19,20)10-5-3-4-9(8-10)13(15,16)17/h3-5,8,11-12,18H,1-2,6-7H2. The molecule has 0 bridgehead atoms. The number of hydrogen-bond acceptors (Lipinski definition) is 2. The molecule has 118 valence electrons. The Morgan fingerprint density at radius 1 is 1.19 bits per heavy atom. The Morgan fingerprint density at radius 3 is 2.48 bits per heavy atom. The number of nitrogens with one attached hydrogen (secondary N) is 1. The van der Waals surface area contributed by atoms with E-state index in [1.807, 2.05) is 0 Å². The zero-order chi connectivity index (χ0) is 15.7. The number of benzene rings is 1. The molecule has 1 saturated carbocycles. The van der Waals surface area contributed by atoms with E-state index >= 15 is 0 Å². The molecule has 8 heteroatoms. The first-order valence-electron chi connectivity index (χ1n) is 6.54. The molecule has 1 N–H and O–H groups in total. The van der Waals surface area contributed by atoms with Crippen molar-refractivity contribution in [1.29, 1.82) is 0 Å². The van der Waals surface area contributed by atoms with E-state index < -0.39 is 21.8 Å². The molecule has 0 aromatic heterocycles. The lowest BCUT2D eigenvalue weighted by atomic mass is 9.96. The van der Waals surface area contributed by atoms with Gasteiger partial charge < -0.3 is 0 Å². The molecular weight excluding hydrogens is 371 g/mol. The van der Waals surface area contributed by atoms with Crippen LogP contribution in [-0.2, 0) is 16.2 Å². The Morgan fingerprint density at radius 2 is 1.86 bits per heavy atom. The summed E-state index contributed by atoms with van der Waals surface area (Å²) in [5.74, 6) is 0. The first-order chi connectivity index (χ1) is 9.70. The van der Waals surface area contributed by atoms with Crippen molar-refractivity contribution in [3.8, 4) is 0 Å². The summed E-state index contributed by atoms with van der Waals surface area (Å²) in [5, 5.41) is 0. The van der Waals surface area contributed by atoms with Crippen molar-refractivity contribution in [1.82, 2.24) is 4.72 Å². The minimum Gasteiger partial charge on any atom is -0.207 e. The van der Waals surface area contributed by atoms with Crippen LogP contribution >= 0.6 is 15.9 Å². The van der Waals surface area contributed by atoms with Gasteiger partial charge in [-0.05, 0) is 31.0 Å². The number of halogens is 4. The van der Waals surface area contributed by atoms with Gasteiger partial charge in [-0.25, -0.2) is 13.1 Å². The SMILES string of the molecule is O=S(=O)(NC1CCCCC1Br)c1cccc(C(F)(F)F)c1. The van der Waals surface area contributed by atoms with Crippen LogP contribution in [0.2, 0.25) is 0 Å². The van der Waals surface area contributed by atoms with Gasteiger partial charge in [0.05, 0.1) is 10.5 Å². The lowest BCUT2D eigenvalue weighted by Gasteiger charge is -2.28. The van der Waals surface area contributed by atoms with Crippen LogP contribution in [0, 0.1) is 0 Å². The third-order valence-electron chi connectivity index (χ3n) is 3.46. The molecule has 0 aliphatic heterocycles. The predicted molar refractivity (Wildman–Crippen MR) is 76.7 cm³/mol. The summed E-state index contributed by atoms with van der Waals surface area (Å²) in [5.41, 5.74) is -0.968. The molecule has 1 aliphatic carbocycles. The van der Waals surface area contributed by atoms with Crippen molar-refractivity contribution < 1.29 is 21.6 Å². The summed E-state index contributed by atoms with van der Waals surface area (Å²) in [6, 6.07) is 3.49. The Kier molecular flexibility index (Phi) is 4.99. The summed E-state index contributed by atoms with van der Waals surface area (Å²) in [6.45, 7) is 0. The number of sulfonamides is 1. The van der Waals surface area contributed by atoms with Crippen molar-refractivity contribution in [3.05, 3.63) is 29.8 Å². The number of hydrogen-bond donors (Lipinski definition) is 1. The summed E-state index contributed by atoms with van der Waals surface area (Å²) in [4.78, 5) is -0.352. The smallest absolute Gasteiger partial charge is 0.207 e. The third-order valence-corrected chi connectivity index (χ3v) is 6.04. The third kappa shape index (κ3) is 4.20. The highest BCUT2D eigenvalue weighted by atomic mass is 79.9. The minimum absolute atomic E-state index is 0.00632. The molecule has 2 unspecified atom stereocenters. The minimum atomic E-state index is -4.56. The fourth-order valence-electron chi connectivity index (χ4n) is 2.33. The van der Waals surface area contributed by atoms with E-state index in [9.17, 15) is 21.6 Å². The molecule has 0 amide bonds. The van der Waals surface area contributed by atoms with E-state index in [1.54, 1.807) is 0 Å². The molecule has 0 heterocycles. The van der Waals surface area contributed by atoms with E-state index in [0.29, 0.717) is 12.5 Å². The zero-order valence-electron chi connectivity index (χ0n) is 11.0. The highest BCUT2D eigenvalue weighted by Gasteiger charge is 2.33. The molecule has 1 aliphatic rings. The zero-order valence-corrected chi connectivity index (χ0v) is 13.4. The van der Waals surface area contributed by atoms with Crippen LogP contribution in [0.1, 0.15) is 31.2 Å². The van der Waals surface area contributed by atoms with Crippen LogP contribution in [0.5, 0.6) is 0 Å². The van der Waals surface area contributed by atoms with Gasteiger partial charge in [-0.3, -0.25) is 0 Å². The molecule has 2 atom stereocenters. The lowest BCUT2D eigenvalue weighted by Crippen LogP contribution is -2.42. The topological polar surface area (TPSA) is 46.2 Å². The van der Waals surface area contributed by atoms with Gasteiger partial charge in [0, 0.05) is 10.9 Å². The van der Waals surface area contributed by atoms with E-state index in [2.05, 4.69) is 20.7 Å². The molecule has 1 aromatic carbocycles. The van der Waals surface area contributed by atoms with Crippen molar-refractivity contribution in [3.63, 3.8) is 0 Å². The predicted octanol–water partition coefficient (Wildman–Crippen LogP) is 3.69. The van der Waals surface area contributed by atoms with Crippen molar-refractivity contribution in [2.45, 2.75) is 47.6 Å². The largest absolute Gasteiger partial charge is 0.416 e. The Hall–Kier alpha value is -0.600. The van der Waals surface area contributed by atoms with E-state index in [-0.39, 0.29) is 15.8 Å². The van der Waals surface area contributed by atoms with Gasteiger partial charge in [0.1, 0.15) is 0 Å². The van der Waals surface area contributed by atoms with Crippen LogP contribution in [0.15, 0.2) is 29.2 Å². The second-order valence-corrected chi connectivity index (χ2v) is 7.94. The highest BCUT2D eigenvalue weighted by Crippen LogP contribution is 2.31. The van der Waals surface area contributed by atoms with Gasteiger partial charge in [-0.2, -0.15) is 13.2 Å². The quantitative estimate of drug-likeness (QED) is 0.806. The van der Waals surface area contributed by atoms with Crippen LogP contribution < -0.4 is 4.72 Å². The van der Waals surface area contributed by atoms with Crippen LogP contribution in [0.25, 0.3) is 0 Å². The Bertz CT molecular complexity index is 604. The first kappa shape index (κ1) is 16.8. The fraction of sp³-hybridized carbons (Fsp3) is 0.538. The molecule has 0 spiro atoms. The van der Waals surface area contributed by atoms with Crippen molar-refractivity contribution in [2.24, 2.45) is 0 Å². The maximum Gasteiger partial charge on any atom is 0.416 e. The van der Waals surface area contributed by atoms with E-state index in [1.165, 1.54) is 6.07 Å². The molecule has 1 fully saturated rings. The average molecular weight is 386 g/mol. The van der Waals surface area contributed by atoms with E-state index in [0.717, 1.165) is 31.4 Å². The van der Waals surface area contributed by atoms with E-state index in [4.69, 9.17) is 0 Å². The van der Waals surface area contributed by atoms with Crippen molar-refractivity contribution >= 4 is 26.0 Å². The summed E-state index contributed by atoms with van der Waals surface area (Å²) in [6.07, 6.45) is -1.13. The Labute approximate surface area is 130 Å². The maximum absolute atomic E-state index is 12.7. The number of rotatable bonds is 3. The average Bonchev–Trinajstić information content (AvgIpc) is 2.40. The molecular formula is C13H15BrF3NO2S. The summed E-state index contributed by atoms with van der Waals surface area (Å²) >= 11 is 3.42. The lowest BCUT2D eigenvalue weighted by molar-refractivity contribution is -0.137.